The molecule has 0 atom stereocenters. The molecular weight excluding hydrogens is 253 g/mol. The van der Waals surface area contributed by atoms with E-state index in [1.165, 1.54) is 6.07 Å². The van der Waals surface area contributed by atoms with Crippen molar-refractivity contribution < 1.29 is 4.39 Å². The molecule has 0 aliphatic rings. The smallest absolute Gasteiger partial charge is 0.129 e. The standard InChI is InChI=1S/C16H20FN3/c1-11(2)15-9-16(20-10-19-15)18-7-6-13-4-5-14(17)8-12(13)3/h4-5,8-11H,6-7H2,1-3H3,(H,18,19,20). The van der Waals surface area contributed by atoms with Gasteiger partial charge in [0.25, 0.3) is 0 Å². The van der Waals surface area contributed by atoms with E-state index in [9.17, 15) is 4.39 Å². The molecule has 0 aliphatic carbocycles. The lowest BCUT2D eigenvalue weighted by molar-refractivity contribution is 0.625. The Morgan fingerprint density at radius 1 is 1.20 bits per heavy atom. The summed E-state index contributed by atoms with van der Waals surface area (Å²) in [6.45, 7) is 6.91. The van der Waals surface area contributed by atoms with Gasteiger partial charge in [0.1, 0.15) is 18.0 Å². The molecule has 0 saturated carbocycles. The Kier molecular flexibility index (Phi) is 4.66. The van der Waals surface area contributed by atoms with Crippen LogP contribution >= 0.6 is 0 Å². The number of rotatable bonds is 5. The summed E-state index contributed by atoms with van der Waals surface area (Å²) in [6, 6.07) is 6.88. The molecule has 0 radical (unpaired) electrons. The summed E-state index contributed by atoms with van der Waals surface area (Å²) in [5.41, 5.74) is 3.16. The van der Waals surface area contributed by atoms with Crippen molar-refractivity contribution in [3.8, 4) is 0 Å². The first-order valence-corrected chi connectivity index (χ1v) is 6.87. The Bertz CT molecular complexity index is 582. The molecule has 106 valence electrons. The second-order valence-electron chi connectivity index (χ2n) is 5.23. The van der Waals surface area contributed by atoms with E-state index in [1.54, 1.807) is 12.4 Å². The van der Waals surface area contributed by atoms with Gasteiger partial charge in [-0.3, -0.25) is 0 Å². The van der Waals surface area contributed by atoms with Gasteiger partial charge in [0, 0.05) is 18.3 Å². The summed E-state index contributed by atoms with van der Waals surface area (Å²) >= 11 is 0. The maximum Gasteiger partial charge on any atom is 0.129 e. The van der Waals surface area contributed by atoms with Crippen molar-refractivity contribution in [2.45, 2.75) is 33.1 Å². The summed E-state index contributed by atoms with van der Waals surface area (Å²) in [5, 5.41) is 3.29. The third kappa shape index (κ3) is 3.76. The van der Waals surface area contributed by atoms with E-state index in [-0.39, 0.29) is 5.82 Å². The minimum absolute atomic E-state index is 0.184. The van der Waals surface area contributed by atoms with Gasteiger partial charge >= 0.3 is 0 Å². The fourth-order valence-electron chi connectivity index (χ4n) is 2.05. The van der Waals surface area contributed by atoms with Crippen LogP contribution in [0.1, 0.15) is 36.6 Å². The van der Waals surface area contributed by atoms with E-state index in [0.29, 0.717) is 5.92 Å². The minimum Gasteiger partial charge on any atom is -0.370 e. The molecule has 4 heteroatoms. The van der Waals surface area contributed by atoms with E-state index in [1.807, 2.05) is 19.1 Å². The van der Waals surface area contributed by atoms with Gasteiger partial charge in [0.15, 0.2) is 0 Å². The van der Waals surface area contributed by atoms with Gasteiger partial charge in [-0.15, -0.1) is 0 Å². The summed E-state index contributed by atoms with van der Waals surface area (Å²) in [4.78, 5) is 8.44. The highest BCUT2D eigenvalue weighted by molar-refractivity contribution is 5.36. The van der Waals surface area contributed by atoms with Gasteiger partial charge < -0.3 is 5.32 Å². The molecular formula is C16H20FN3. The lowest BCUT2D eigenvalue weighted by Gasteiger charge is -2.10. The Hall–Kier alpha value is -1.97. The van der Waals surface area contributed by atoms with E-state index >= 15 is 0 Å². The van der Waals surface area contributed by atoms with Crippen LogP contribution in [0.3, 0.4) is 0 Å². The third-order valence-corrected chi connectivity index (χ3v) is 3.28. The summed E-state index contributed by atoms with van der Waals surface area (Å²) < 4.78 is 13.0. The highest BCUT2D eigenvalue weighted by Crippen LogP contribution is 2.14. The molecule has 1 heterocycles. The fourth-order valence-corrected chi connectivity index (χ4v) is 2.05. The highest BCUT2D eigenvalue weighted by Gasteiger charge is 2.03. The molecule has 3 nitrogen and oxygen atoms in total. The predicted molar refractivity (Wildman–Crippen MR) is 79.5 cm³/mol. The number of nitrogens with one attached hydrogen (secondary N) is 1. The van der Waals surface area contributed by atoms with Crippen LogP contribution in [-0.4, -0.2) is 16.5 Å². The van der Waals surface area contributed by atoms with Gasteiger partial charge in [-0.05, 0) is 42.5 Å². The lowest BCUT2D eigenvalue weighted by atomic mass is 10.1. The maximum absolute atomic E-state index is 13.0. The zero-order valence-electron chi connectivity index (χ0n) is 12.2. The van der Waals surface area contributed by atoms with Gasteiger partial charge in [0.05, 0.1) is 0 Å². The molecule has 0 bridgehead atoms. The molecule has 1 aromatic heterocycles. The molecule has 0 amide bonds. The lowest BCUT2D eigenvalue weighted by Crippen LogP contribution is -2.08. The second-order valence-corrected chi connectivity index (χ2v) is 5.23. The first-order chi connectivity index (χ1) is 9.56. The molecule has 20 heavy (non-hydrogen) atoms. The molecule has 0 aliphatic heterocycles. The average molecular weight is 273 g/mol. The molecule has 1 aromatic carbocycles. The first-order valence-electron chi connectivity index (χ1n) is 6.87. The molecule has 0 fully saturated rings. The van der Waals surface area contributed by atoms with E-state index in [2.05, 4.69) is 29.1 Å². The molecule has 1 N–H and O–H groups in total. The maximum atomic E-state index is 13.0. The number of benzene rings is 1. The molecule has 2 rings (SSSR count). The molecule has 0 spiro atoms. The average Bonchev–Trinajstić information content (AvgIpc) is 2.41. The van der Waals surface area contributed by atoms with E-state index < -0.39 is 0 Å². The van der Waals surface area contributed by atoms with Crippen LogP contribution in [0.15, 0.2) is 30.6 Å². The Morgan fingerprint density at radius 2 is 2.00 bits per heavy atom. The topological polar surface area (TPSA) is 37.8 Å². The van der Waals surface area contributed by atoms with Gasteiger partial charge in [-0.2, -0.15) is 0 Å². The number of halogens is 1. The Balaban J connectivity index is 1.94. The number of hydrogen-bond donors (Lipinski definition) is 1. The molecule has 2 aromatic rings. The molecule has 0 unspecified atom stereocenters. The SMILES string of the molecule is Cc1cc(F)ccc1CCNc1cc(C(C)C)ncn1. The van der Waals surface area contributed by atoms with Crippen molar-refractivity contribution in [1.29, 1.82) is 0 Å². The number of anilines is 1. The van der Waals surface area contributed by atoms with Crippen LogP contribution in [0, 0.1) is 12.7 Å². The largest absolute Gasteiger partial charge is 0.370 e. The predicted octanol–water partition coefficient (Wildman–Crippen LogP) is 3.70. The van der Waals surface area contributed by atoms with Crippen molar-refractivity contribution in [2.24, 2.45) is 0 Å². The van der Waals surface area contributed by atoms with Crippen molar-refractivity contribution in [3.63, 3.8) is 0 Å². The van der Waals surface area contributed by atoms with Crippen molar-refractivity contribution in [3.05, 3.63) is 53.2 Å². The monoisotopic (exact) mass is 273 g/mol. The van der Waals surface area contributed by atoms with E-state index in [4.69, 9.17) is 0 Å². The van der Waals surface area contributed by atoms with Gasteiger partial charge in [-0.1, -0.05) is 19.9 Å². The van der Waals surface area contributed by atoms with Crippen LogP contribution in [0.4, 0.5) is 10.2 Å². The zero-order chi connectivity index (χ0) is 14.5. The van der Waals surface area contributed by atoms with Crippen molar-refractivity contribution in [2.75, 3.05) is 11.9 Å². The van der Waals surface area contributed by atoms with Crippen LogP contribution in [-0.2, 0) is 6.42 Å². The number of nitrogens with zero attached hydrogens (tertiary/aromatic N) is 2. The van der Waals surface area contributed by atoms with Crippen LogP contribution in [0.5, 0.6) is 0 Å². The van der Waals surface area contributed by atoms with Crippen molar-refractivity contribution in [1.82, 2.24) is 9.97 Å². The van der Waals surface area contributed by atoms with Crippen LogP contribution in [0.2, 0.25) is 0 Å². The zero-order valence-corrected chi connectivity index (χ0v) is 12.2. The van der Waals surface area contributed by atoms with Crippen molar-refractivity contribution >= 4 is 5.82 Å². The number of aryl methyl sites for hydroxylation is 1. The summed E-state index contributed by atoms with van der Waals surface area (Å²) in [7, 11) is 0. The van der Waals surface area contributed by atoms with Crippen LogP contribution in [0.25, 0.3) is 0 Å². The number of hydrogen-bond acceptors (Lipinski definition) is 3. The number of aromatic nitrogens is 2. The normalized spacial score (nSPS) is 10.8. The summed E-state index contributed by atoms with van der Waals surface area (Å²) in [6.07, 6.45) is 2.42. The van der Waals surface area contributed by atoms with Crippen LogP contribution < -0.4 is 5.32 Å². The third-order valence-electron chi connectivity index (χ3n) is 3.28. The van der Waals surface area contributed by atoms with E-state index in [0.717, 1.165) is 35.6 Å². The summed E-state index contributed by atoms with van der Waals surface area (Å²) in [5.74, 6) is 1.04. The highest BCUT2D eigenvalue weighted by atomic mass is 19.1. The fraction of sp³-hybridized carbons (Fsp3) is 0.375. The second kappa shape index (κ2) is 6.46. The first kappa shape index (κ1) is 14.4. The minimum atomic E-state index is -0.184. The molecule has 0 saturated heterocycles. The Morgan fingerprint density at radius 3 is 2.70 bits per heavy atom. The Labute approximate surface area is 119 Å². The van der Waals surface area contributed by atoms with Gasteiger partial charge in [-0.25, -0.2) is 14.4 Å². The van der Waals surface area contributed by atoms with Gasteiger partial charge in [0.2, 0.25) is 0 Å². The quantitative estimate of drug-likeness (QED) is 0.902.